The zero-order chi connectivity index (χ0) is 15.8. The summed E-state index contributed by atoms with van der Waals surface area (Å²) < 4.78 is 59.6. The number of hydrogen-bond donors (Lipinski definition) is 0. The SMILES string of the molecule is COS(=O)(=O)COC(=O)/C=C\C(=O)OCS(=O)(=O)OC. The molecule has 0 aromatic carbocycles. The van der Waals surface area contributed by atoms with Gasteiger partial charge in [-0.3, -0.25) is 8.37 Å². The summed E-state index contributed by atoms with van der Waals surface area (Å²) in [5, 5.41) is 0. The Morgan fingerprint density at radius 1 is 0.800 bits per heavy atom. The number of esters is 2. The second kappa shape index (κ2) is 7.94. The minimum absolute atomic E-state index is 0.562. The van der Waals surface area contributed by atoms with Crippen LogP contribution in [-0.2, 0) is 47.7 Å². The van der Waals surface area contributed by atoms with Gasteiger partial charge in [0.15, 0.2) is 0 Å². The summed E-state index contributed by atoms with van der Waals surface area (Å²) >= 11 is 0. The van der Waals surface area contributed by atoms with Crippen molar-refractivity contribution in [3.63, 3.8) is 0 Å². The van der Waals surface area contributed by atoms with Crippen LogP contribution in [0, 0.1) is 0 Å². The van der Waals surface area contributed by atoms with Crippen molar-refractivity contribution in [1.82, 2.24) is 0 Å². The fraction of sp³-hybridized carbons (Fsp3) is 0.500. The van der Waals surface area contributed by atoms with Crippen molar-refractivity contribution in [3.05, 3.63) is 12.2 Å². The molecule has 0 N–H and O–H groups in total. The molecule has 0 spiro atoms. The monoisotopic (exact) mass is 332 g/mol. The molecule has 0 saturated carbocycles. The van der Waals surface area contributed by atoms with E-state index in [0.717, 1.165) is 14.2 Å². The van der Waals surface area contributed by atoms with E-state index in [1.54, 1.807) is 0 Å². The maximum Gasteiger partial charge on any atom is 0.332 e. The van der Waals surface area contributed by atoms with Gasteiger partial charge in [0, 0.05) is 12.2 Å². The predicted octanol–water partition coefficient (Wildman–Crippen LogP) is -1.50. The lowest BCUT2D eigenvalue weighted by molar-refractivity contribution is -0.138. The molecule has 0 atom stereocenters. The summed E-state index contributed by atoms with van der Waals surface area (Å²) in [5.41, 5.74) is 0. The van der Waals surface area contributed by atoms with Crippen LogP contribution in [0.1, 0.15) is 0 Å². The fourth-order valence-corrected chi connectivity index (χ4v) is 1.30. The molecule has 116 valence electrons. The molecule has 12 heteroatoms. The van der Waals surface area contributed by atoms with Gasteiger partial charge in [0.25, 0.3) is 0 Å². The van der Waals surface area contributed by atoms with Crippen LogP contribution in [-0.4, -0.2) is 54.9 Å². The van der Waals surface area contributed by atoms with Gasteiger partial charge in [0.1, 0.15) is 0 Å². The number of carbonyl (C=O) groups excluding carboxylic acids is 2. The first-order valence-corrected chi connectivity index (χ1v) is 7.85. The Morgan fingerprint density at radius 2 is 1.10 bits per heavy atom. The lowest BCUT2D eigenvalue weighted by atomic mass is 10.5. The second-order valence-electron chi connectivity index (χ2n) is 2.94. The number of carbonyl (C=O) groups is 2. The van der Waals surface area contributed by atoms with Crippen LogP contribution >= 0.6 is 0 Å². The lowest BCUT2D eigenvalue weighted by Gasteiger charge is -2.02. The fourth-order valence-electron chi connectivity index (χ4n) is 0.589. The van der Waals surface area contributed by atoms with Gasteiger partial charge < -0.3 is 9.47 Å². The van der Waals surface area contributed by atoms with E-state index in [0.29, 0.717) is 12.2 Å². The third-order valence-corrected chi connectivity index (χ3v) is 3.38. The summed E-state index contributed by atoms with van der Waals surface area (Å²) in [7, 11) is -6.19. The van der Waals surface area contributed by atoms with Gasteiger partial charge in [0.05, 0.1) is 14.2 Å². The summed E-state index contributed by atoms with van der Waals surface area (Å²) in [6.07, 6.45) is 1.12. The first kappa shape index (κ1) is 18.5. The quantitative estimate of drug-likeness (QED) is 0.293. The van der Waals surface area contributed by atoms with Gasteiger partial charge in [-0.15, -0.1) is 0 Å². The Bertz CT molecular complexity index is 518. The van der Waals surface area contributed by atoms with Crippen LogP contribution < -0.4 is 0 Å². The van der Waals surface area contributed by atoms with Crippen molar-refractivity contribution in [1.29, 1.82) is 0 Å². The molecule has 0 aromatic rings. The second-order valence-corrected chi connectivity index (χ2v) is 6.31. The molecule has 0 aromatic heterocycles. The van der Waals surface area contributed by atoms with Crippen molar-refractivity contribution in [2.24, 2.45) is 0 Å². The number of ether oxygens (including phenoxy) is 2. The maximum atomic E-state index is 11.0. The third-order valence-electron chi connectivity index (χ3n) is 1.55. The largest absolute Gasteiger partial charge is 0.443 e. The van der Waals surface area contributed by atoms with E-state index in [1.165, 1.54) is 0 Å². The van der Waals surface area contributed by atoms with Gasteiger partial charge in [-0.1, -0.05) is 0 Å². The maximum absolute atomic E-state index is 11.0. The third kappa shape index (κ3) is 8.58. The van der Waals surface area contributed by atoms with Crippen LogP contribution in [0.3, 0.4) is 0 Å². The molecule has 0 heterocycles. The first-order valence-electron chi connectivity index (χ1n) is 4.70. The van der Waals surface area contributed by atoms with Crippen LogP contribution in [0.2, 0.25) is 0 Å². The summed E-state index contributed by atoms with van der Waals surface area (Å²) in [5.74, 6) is -4.37. The van der Waals surface area contributed by atoms with Crippen LogP contribution in [0.25, 0.3) is 0 Å². The molecule has 0 unspecified atom stereocenters. The minimum atomic E-state index is -3.98. The molecule has 0 rings (SSSR count). The van der Waals surface area contributed by atoms with Crippen molar-refractivity contribution in [2.75, 3.05) is 26.1 Å². The topological polar surface area (TPSA) is 139 Å². The van der Waals surface area contributed by atoms with E-state index in [2.05, 4.69) is 17.8 Å². The van der Waals surface area contributed by atoms with Crippen LogP contribution in [0.5, 0.6) is 0 Å². The molecule has 0 radical (unpaired) electrons. The average Bonchev–Trinajstić information content (AvgIpc) is 2.40. The Kier molecular flexibility index (Phi) is 7.34. The standard InChI is InChI=1S/C8H12O10S2/c1-15-19(11,12)5-17-7(9)3-4-8(10)18-6-20(13,14)16-2/h3-4H,5-6H2,1-2H3/b4-3-. The molecule has 0 aliphatic rings. The highest BCUT2D eigenvalue weighted by atomic mass is 32.2. The van der Waals surface area contributed by atoms with Crippen LogP contribution in [0.15, 0.2) is 12.2 Å². The summed E-state index contributed by atoms with van der Waals surface area (Å²) in [6, 6.07) is 0. The van der Waals surface area contributed by atoms with Crippen molar-refractivity contribution in [2.45, 2.75) is 0 Å². The van der Waals surface area contributed by atoms with Gasteiger partial charge >= 0.3 is 32.2 Å². The Hall–Kier alpha value is -1.50. The molecule has 0 bridgehead atoms. The predicted molar refractivity (Wildman–Crippen MR) is 62.9 cm³/mol. The molecular formula is C8H12O10S2. The number of rotatable bonds is 8. The molecule has 0 amide bonds. The lowest BCUT2D eigenvalue weighted by Crippen LogP contribution is -2.15. The van der Waals surface area contributed by atoms with Crippen molar-refractivity contribution in [3.8, 4) is 0 Å². The molecular weight excluding hydrogens is 320 g/mol. The highest BCUT2D eigenvalue weighted by Gasteiger charge is 2.13. The Morgan fingerprint density at radius 3 is 1.35 bits per heavy atom. The van der Waals surface area contributed by atoms with Gasteiger partial charge in [-0.25, -0.2) is 9.59 Å². The van der Waals surface area contributed by atoms with E-state index in [-0.39, 0.29) is 0 Å². The Labute approximate surface area is 115 Å². The van der Waals surface area contributed by atoms with Crippen LogP contribution in [0.4, 0.5) is 0 Å². The van der Waals surface area contributed by atoms with Gasteiger partial charge in [0.2, 0.25) is 11.9 Å². The normalized spacial score (nSPS) is 12.3. The highest BCUT2D eigenvalue weighted by Crippen LogP contribution is 1.95. The molecule has 0 fully saturated rings. The molecule has 0 aliphatic carbocycles. The zero-order valence-electron chi connectivity index (χ0n) is 10.5. The molecule has 0 aliphatic heterocycles. The zero-order valence-corrected chi connectivity index (χ0v) is 12.1. The average molecular weight is 332 g/mol. The molecule has 20 heavy (non-hydrogen) atoms. The van der Waals surface area contributed by atoms with E-state index >= 15 is 0 Å². The molecule has 0 saturated heterocycles. The minimum Gasteiger partial charge on any atom is -0.443 e. The van der Waals surface area contributed by atoms with E-state index in [1.807, 2.05) is 0 Å². The van der Waals surface area contributed by atoms with Crippen molar-refractivity contribution < 1.29 is 44.3 Å². The molecule has 10 nitrogen and oxygen atoms in total. The van der Waals surface area contributed by atoms with E-state index in [4.69, 9.17) is 0 Å². The van der Waals surface area contributed by atoms with E-state index < -0.39 is 44.1 Å². The van der Waals surface area contributed by atoms with Gasteiger partial charge in [-0.05, 0) is 0 Å². The highest BCUT2D eigenvalue weighted by molar-refractivity contribution is 7.86. The first-order chi connectivity index (χ1) is 9.12. The Balaban J connectivity index is 4.23. The van der Waals surface area contributed by atoms with E-state index in [9.17, 15) is 26.4 Å². The van der Waals surface area contributed by atoms with Crippen molar-refractivity contribution >= 4 is 32.2 Å². The summed E-state index contributed by atoms with van der Waals surface area (Å²) in [6.45, 7) is 0. The van der Waals surface area contributed by atoms with Gasteiger partial charge in [-0.2, -0.15) is 16.8 Å². The smallest absolute Gasteiger partial charge is 0.332 e. The summed E-state index contributed by atoms with van der Waals surface area (Å²) in [4.78, 5) is 22.0. The number of hydrogen-bond acceptors (Lipinski definition) is 10.